The summed E-state index contributed by atoms with van der Waals surface area (Å²) in [6.07, 6.45) is 0.0691. The molecule has 2 aromatic carbocycles. The summed E-state index contributed by atoms with van der Waals surface area (Å²) in [6, 6.07) is 15.8. The molecule has 0 atom stereocenters. The van der Waals surface area contributed by atoms with E-state index < -0.39 is 0 Å². The third-order valence-corrected chi connectivity index (χ3v) is 4.04. The molecule has 0 bridgehead atoms. The van der Waals surface area contributed by atoms with Crippen molar-refractivity contribution in [1.29, 1.82) is 0 Å². The first kappa shape index (κ1) is 19.5. The molecule has 0 saturated carbocycles. The first-order chi connectivity index (χ1) is 13.5. The van der Waals surface area contributed by atoms with Crippen LogP contribution in [0.25, 0.3) is 11.3 Å². The maximum atomic E-state index is 12.7. The minimum absolute atomic E-state index is 0.0691. The highest BCUT2D eigenvalue weighted by molar-refractivity contribution is 6.05. The van der Waals surface area contributed by atoms with Crippen molar-refractivity contribution in [3.63, 3.8) is 0 Å². The summed E-state index contributed by atoms with van der Waals surface area (Å²) in [7, 11) is 1.54. The van der Waals surface area contributed by atoms with E-state index in [1.807, 2.05) is 19.9 Å². The Labute approximate surface area is 163 Å². The number of aliphatic hydroxyl groups excluding tert-OH is 1. The molecule has 0 saturated heterocycles. The third-order valence-electron chi connectivity index (χ3n) is 4.04. The number of amides is 1. The van der Waals surface area contributed by atoms with Gasteiger partial charge in [0.05, 0.1) is 18.9 Å². The normalized spacial score (nSPS) is 10.8. The molecule has 0 aliphatic heterocycles. The summed E-state index contributed by atoms with van der Waals surface area (Å²) >= 11 is 0. The van der Waals surface area contributed by atoms with Gasteiger partial charge >= 0.3 is 0 Å². The highest BCUT2D eigenvalue weighted by atomic mass is 16.5. The molecular weight excluding hydrogens is 358 g/mol. The average molecular weight is 381 g/mol. The lowest BCUT2D eigenvalue weighted by molar-refractivity contribution is 0.102. The molecule has 3 aromatic rings. The van der Waals surface area contributed by atoms with Crippen molar-refractivity contribution in [3.05, 3.63) is 65.9 Å². The summed E-state index contributed by atoms with van der Waals surface area (Å²) in [5.74, 6) is 2.05. The van der Waals surface area contributed by atoms with Gasteiger partial charge in [0.25, 0.3) is 5.91 Å². The van der Waals surface area contributed by atoms with Crippen molar-refractivity contribution in [2.24, 2.45) is 0 Å². The molecule has 0 fully saturated rings. The second kappa shape index (κ2) is 8.63. The zero-order valence-electron chi connectivity index (χ0n) is 16.1. The van der Waals surface area contributed by atoms with Crippen LogP contribution < -0.4 is 14.8 Å². The SMILES string of the molecule is COc1ccc(-c2ccc(CO)o2)cc1NC(=O)c1ccc(OC(C)C)cc1. The summed E-state index contributed by atoms with van der Waals surface area (Å²) < 4.78 is 16.5. The summed E-state index contributed by atoms with van der Waals surface area (Å²) in [6.45, 7) is 3.72. The van der Waals surface area contributed by atoms with Gasteiger partial charge in [-0.05, 0) is 68.4 Å². The Morgan fingerprint density at radius 3 is 2.46 bits per heavy atom. The molecule has 0 aliphatic carbocycles. The van der Waals surface area contributed by atoms with E-state index in [1.165, 1.54) is 0 Å². The number of furan rings is 1. The molecule has 1 heterocycles. The number of aliphatic hydroxyl groups is 1. The van der Waals surface area contributed by atoms with Crippen LogP contribution >= 0.6 is 0 Å². The molecule has 3 rings (SSSR count). The van der Waals surface area contributed by atoms with Gasteiger partial charge in [0.2, 0.25) is 0 Å². The summed E-state index contributed by atoms with van der Waals surface area (Å²) in [5.41, 5.74) is 1.79. The van der Waals surface area contributed by atoms with E-state index in [2.05, 4.69) is 5.32 Å². The van der Waals surface area contributed by atoms with E-state index >= 15 is 0 Å². The maximum absolute atomic E-state index is 12.7. The third kappa shape index (κ3) is 4.53. The monoisotopic (exact) mass is 381 g/mol. The van der Waals surface area contributed by atoms with Gasteiger partial charge in [0, 0.05) is 11.1 Å². The van der Waals surface area contributed by atoms with Crippen molar-refractivity contribution in [1.82, 2.24) is 0 Å². The summed E-state index contributed by atoms with van der Waals surface area (Å²) in [4.78, 5) is 12.7. The van der Waals surface area contributed by atoms with Gasteiger partial charge in [-0.2, -0.15) is 0 Å². The van der Waals surface area contributed by atoms with E-state index in [-0.39, 0.29) is 18.6 Å². The molecule has 6 heteroatoms. The minimum atomic E-state index is -0.262. The number of carbonyl (C=O) groups excluding carboxylic acids is 1. The van der Waals surface area contributed by atoms with Gasteiger partial charge in [-0.15, -0.1) is 0 Å². The molecule has 1 amide bonds. The lowest BCUT2D eigenvalue weighted by Crippen LogP contribution is -2.13. The van der Waals surface area contributed by atoms with Crippen LogP contribution in [0.4, 0.5) is 5.69 Å². The number of ether oxygens (including phenoxy) is 2. The summed E-state index contributed by atoms with van der Waals surface area (Å²) in [5, 5.41) is 12.0. The molecule has 2 N–H and O–H groups in total. The first-order valence-corrected chi connectivity index (χ1v) is 8.96. The molecule has 0 radical (unpaired) electrons. The number of carbonyl (C=O) groups is 1. The molecule has 28 heavy (non-hydrogen) atoms. The quantitative estimate of drug-likeness (QED) is 0.630. The van der Waals surface area contributed by atoms with Crippen molar-refractivity contribution < 1.29 is 23.8 Å². The van der Waals surface area contributed by atoms with E-state index in [4.69, 9.17) is 19.0 Å². The Balaban J connectivity index is 1.81. The van der Waals surface area contributed by atoms with E-state index in [1.54, 1.807) is 55.6 Å². The zero-order chi connectivity index (χ0) is 20.1. The van der Waals surface area contributed by atoms with Crippen LogP contribution in [0, 0.1) is 0 Å². The molecule has 0 unspecified atom stereocenters. The van der Waals surface area contributed by atoms with Gasteiger partial charge in [-0.25, -0.2) is 0 Å². The Morgan fingerprint density at radius 2 is 1.86 bits per heavy atom. The predicted octanol–water partition coefficient (Wildman–Crippen LogP) is 4.49. The second-order valence-corrected chi connectivity index (χ2v) is 6.48. The molecule has 146 valence electrons. The van der Waals surface area contributed by atoms with E-state index in [0.717, 1.165) is 5.56 Å². The fraction of sp³-hybridized carbons (Fsp3) is 0.227. The lowest BCUT2D eigenvalue weighted by atomic mass is 10.1. The number of methoxy groups -OCH3 is 1. The molecule has 6 nitrogen and oxygen atoms in total. The smallest absolute Gasteiger partial charge is 0.255 e. The second-order valence-electron chi connectivity index (χ2n) is 6.48. The fourth-order valence-corrected chi connectivity index (χ4v) is 2.73. The van der Waals surface area contributed by atoms with Crippen LogP contribution in [0.1, 0.15) is 30.0 Å². The Bertz CT molecular complexity index is 944. The number of benzene rings is 2. The Hall–Kier alpha value is -3.25. The number of rotatable bonds is 7. The van der Waals surface area contributed by atoms with Gasteiger partial charge in [-0.3, -0.25) is 4.79 Å². The Kier molecular flexibility index (Phi) is 6.01. The van der Waals surface area contributed by atoms with Crippen LogP contribution in [0.5, 0.6) is 11.5 Å². The first-order valence-electron chi connectivity index (χ1n) is 8.96. The van der Waals surface area contributed by atoms with Gasteiger partial charge in [0.1, 0.15) is 29.6 Å². The number of nitrogens with one attached hydrogen (secondary N) is 1. The molecule has 0 spiro atoms. The number of hydrogen-bond donors (Lipinski definition) is 2. The minimum Gasteiger partial charge on any atom is -0.495 e. The average Bonchev–Trinajstić information content (AvgIpc) is 3.17. The van der Waals surface area contributed by atoms with Crippen LogP contribution in [0.2, 0.25) is 0 Å². The van der Waals surface area contributed by atoms with Crippen molar-refractivity contribution in [2.75, 3.05) is 12.4 Å². The number of hydrogen-bond acceptors (Lipinski definition) is 5. The lowest BCUT2D eigenvalue weighted by Gasteiger charge is -2.13. The van der Waals surface area contributed by atoms with Gasteiger partial charge in [0.15, 0.2) is 0 Å². The van der Waals surface area contributed by atoms with Crippen LogP contribution in [0.3, 0.4) is 0 Å². The van der Waals surface area contributed by atoms with Crippen molar-refractivity contribution in [3.8, 4) is 22.8 Å². The van der Waals surface area contributed by atoms with Gasteiger partial charge < -0.3 is 24.3 Å². The van der Waals surface area contributed by atoms with E-state index in [9.17, 15) is 4.79 Å². The number of anilines is 1. The largest absolute Gasteiger partial charge is 0.495 e. The molecule has 1 aromatic heterocycles. The molecule has 0 aliphatic rings. The van der Waals surface area contributed by atoms with Crippen LogP contribution in [0.15, 0.2) is 59.0 Å². The zero-order valence-corrected chi connectivity index (χ0v) is 16.1. The highest BCUT2D eigenvalue weighted by Gasteiger charge is 2.13. The highest BCUT2D eigenvalue weighted by Crippen LogP contribution is 2.32. The predicted molar refractivity (Wildman–Crippen MR) is 107 cm³/mol. The van der Waals surface area contributed by atoms with Crippen molar-refractivity contribution in [2.45, 2.75) is 26.6 Å². The topological polar surface area (TPSA) is 80.9 Å². The van der Waals surface area contributed by atoms with Crippen molar-refractivity contribution >= 4 is 11.6 Å². The standard InChI is InChI=1S/C22H23NO5/c1-14(2)27-17-7-4-15(5-8-17)22(25)23-19-12-16(6-10-21(19)26-3)20-11-9-18(13-24)28-20/h4-12,14,24H,13H2,1-3H3,(H,23,25). The maximum Gasteiger partial charge on any atom is 0.255 e. The van der Waals surface area contributed by atoms with Crippen LogP contribution in [-0.4, -0.2) is 24.2 Å². The van der Waals surface area contributed by atoms with E-state index in [0.29, 0.717) is 34.3 Å². The fourth-order valence-electron chi connectivity index (χ4n) is 2.73. The van der Waals surface area contributed by atoms with Crippen LogP contribution in [-0.2, 0) is 6.61 Å². The molecular formula is C22H23NO5. The Morgan fingerprint density at radius 1 is 1.11 bits per heavy atom. The van der Waals surface area contributed by atoms with Gasteiger partial charge in [-0.1, -0.05) is 0 Å².